The maximum atomic E-state index is 6.40. The van der Waals surface area contributed by atoms with Gasteiger partial charge in [-0.1, -0.05) is 31.5 Å². The molecule has 1 N–H and O–H groups in total. The SMILES string of the molecule is CC(C)Sc1cccc(Cl)c1CNC[C@H]1COC2(CCOCC2)O1. The predicted molar refractivity (Wildman–Crippen MR) is 97.8 cm³/mol. The Bertz CT molecular complexity index is 549. The summed E-state index contributed by atoms with van der Waals surface area (Å²) in [6, 6.07) is 6.11. The van der Waals surface area contributed by atoms with E-state index >= 15 is 0 Å². The molecule has 0 radical (unpaired) electrons. The fourth-order valence-corrected chi connectivity index (χ4v) is 4.38. The van der Waals surface area contributed by atoms with E-state index in [2.05, 4.69) is 25.2 Å². The van der Waals surface area contributed by atoms with Gasteiger partial charge in [-0.2, -0.15) is 0 Å². The van der Waals surface area contributed by atoms with Crippen molar-refractivity contribution in [2.45, 2.75) is 55.3 Å². The molecule has 2 aliphatic heterocycles. The summed E-state index contributed by atoms with van der Waals surface area (Å²) in [6.07, 6.45) is 1.73. The lowest BCUT2D eigenvalue weighted by Crippen LogP contribution is -2.39. The van der Waals surface area contributed by atoms with Gasteiger partial charge in [0, 0.05) is 41.1 Å². The van der Waals surface area contributed by atoms with Crippen molar-refractivity contribution in [3.05, 3.63) is 28.8 Å². The average Bonchev–Trinajstić information content (AvgIpc) is 2.93. The fourth-order valence-electron chi connectivity index (χ4n) is 3.09. The Morgan fingerprint density at radius 3 is 2.88 bits per heavy atom. The number of ether oxygens (including phenoxy) is 3. The van der Waals surface area contributed by atoms with Gasteiger partial charge < -0.3 is 19.5 Å². The van der Waals surface area contributed by atoms with Gasteiger partial charge in [-0.15, -0.1) is 11.8 Å². The second-order valence-corrected chi connectivity index (χ2v) is 8.61. The molecular formula is C18H26ClNO3S. The summed E-state index contributed by atoms with van der Waals surface area (Å²) in [5.74, 6) is -0.409. The van der Waals surface area contributed by atoms with Crippen molar-refractivity contribution in [1.82, 2.24) is 5.32 Å². The third-order valence-electron chi connectivity index (χ3n) is 4.28. The maximum absolute atomic E-state index is 6.40. The van der Waals surface area contributed by atoms with Gasteiger partial charge in [0.15, 0.2) is 5.79 Å². The lowest BCUT2D eigenvalue weighted by atomic mass is 10.1. The van der Waals surface area contributed by atoms with E-state index in [0.717, 1.165) is 49.7 Å². The van der Waals surface area contributed by atoms with Gasteiger partial charge in [0.05, 0.1) is 25.9 Å². The lowest BCUT2D eigenvalue weighted by Gasteiger charge is -2.31. The van der Waals surface area contributed by atoms with Crippen LogP contribution in [0, 0.1) is 0 Å². The highest BCUT2D eigenvalue weighted by Gasteiger charge is 2.42. The zero-order valence-corrected chi connectivity index (χ0v) is 15.9. The monoisotopic (exact) mass is 371 g/mol. The minimum Gasteiger partial charge on any atom is -0.381 e. The van der Waals surface area contributed by atoms with E-state index < -0.39 is 5.79 Å². The van der Waals surface area contributed by atoms with Gasteiger partial charge >= 0.3 is 0 Å². The smallest absolute Gasteiger partial charge is 0.173 e. The van der Waals surface area contributed by atoms with Crippen LogP contribution in [0.25, 0.3) is 0 Å². The molecule has 1 aromatic rings. The summed E-state index contributed by atoms with van der Waals surface area (Å²) in [5.41, 5.74) is 1.16. The standard InChI is InChI=1S/C18H26ClNO3S/c1-13(2)24-17-5-3-4-16(19)15(17)11-20-10-14-12-22-18(23-14)6-8-21-9-7-18/h3-5,13-14,20H,6-12H2,1-2H3/t14-/m0/s1. The van der Waals surface area contributed by atoms with Crippen molar-refractivity contribution in [2.75, 3.05) is 26.4 Å². The molecule has 2 fully saturated rings. The van der Waals surface area contributed by atoms with Crippen LogP contribution in [-0.2, 0) is 20.8 Å². The molecule has 1 spiro atoms. The summed E-state index contributed by atoms with van der Waals surface area (Å²) in [4.78, 5) is 1.24. The van der Waals surface area contributed by atoms with Crippen LogP contribution in [-0.4, -0.2) is 43.5 Å². The number of hydrogen-bond donors (Lipinski definition) is 1. The second-order valence-electron chi connectivity index (χ2n) is 6.59. The first-order chi connectivity index (χ1) is 11.6. The van der Waals surface area contributed by atoms with Crippen LogP contribution in [0.3, 0.4) is 0 Å². The zero-order valence-electron chi connectivity index (χ0n) is 14.3. The molecule has 1 atom stereocenters. The third-order valence-corrected chi connectivity index (χ3v) is 5.74. The summed E-state index contributed by atoms with van der Waals surface area (Å²) >= 11 is 8.25. The van der Waals surface area contributed by atoms with Crippen LogP contribution in [0.1, 0.15) is 32.3 Å². The van der Waals surface area contributed by atoms with Crippen LogP contribution >= 0.6 is 23.4 Å². The molecule has 0 aromatic heterocycles. The summed E-state index contributed by atoms with van der Waals surface area (Å²) in [5, 5.41) is 4.83. The van der Waals surface area contributed by atoms with Crippen molar-refractivity contribution in [1.29, 1.82) is 0 Å². The second kappa shape index (κ2) is 8.39. The van der Waals surface area contributed by atoms with Gasteiger partial charge in [-0.25, -0.2) is 0 Å². The number of nitrogens with one attached hydrogen (secondary N) is 1. The summed E-state index contributed by atoms with van der Waals surface area (Å²) < 4.78 is 17.5. The van der Waals surface area contributed by atoms with Crippen LogP contribution < -0.4 is 5.32 Å². The Kier molecular flexibility index (Phi) is 6.46. The lowest BCUT2D eigenvalue weighted by molar-refractivity contribution is -0.210. The molecule has 0 saturated carbocycles. The van der Waals surface area contributed by atoms with E-state index in [-0.39, 0.29) is 6.10 Å². The molecule has 0 bridgehead atoms. The first-order valence-corrected chi connectivity index (χ1v) is 9.88. The molecule has 1 aromatic carbocycles. The van der Waals surface area contributed by atoms with E-state index in [1.165, 1.54) is 4.90 Å². The van der Waals surface area contributed by atoms with Gasteiger partial charge in [0.1, 0.15) is 0 Å². The Morgan fingerprint density at radius 2 is 2.12 bits per heavy atom. The first kappa shape index (κ1) is 18.5. The van der Waals surface area contributed by atoms with Crippen LogP contribution in [0.15, 0.2) is 23.1 Å². The Hall–Kier alpha value is -0.300. The predicted octanol–water partition coefficient (Wildman–Crippen LogP) is 3.85. The molecule has 4 nitrogen and oxygen atoms in total. The summed E-state index contributed by atoms with van der Waals surface area (Å²) in [7, 11) is 0. The van der Waals surface area contributed by atoms with E-state index in [9.17, 15) is 0 Å². The van der Waals surface area contributed by atoms with Crippen molar-refractivity contribution in [2.24, 2.45) is 0 Å². The maximum Gasteiger partial charge on any atom is 0.173 e. The van der Waals surface area contributed by atoms with Gasteiger partial charge in [-0.05, 0) is 17.7 Å². The van der Waals surface area contributed by atoms with Crippen LogP contribution in [0.2, 0.25) is 5.02 Å². The Labute approximate surface area is 153 Å². The topological polar surface area (TPSA) is 39.7 Å². The number of halogens is 1. The molecule has 0 aliphatic carbocycles. The minimum absolute atomic E-state index is 0.0896. The molecule has 3 rings (SSSR count). The minimum atomic E-state index is -0.409. The van der Waals surface area contributed by atoms with Gasteiger partial charge in [-0.3, -0.25) is 0 Å². The molecular weight excluding hydrogens is 346 g/mol. The highest BCUT2D eigenvalue weighted by molar-refractivity contribution is 8.00. The molecule has 24 heavy (non-hydrogen) atoms. The number of rotatable bonds is 6. The van der Waals surface area contributed by atoms with Crippen molar-refractivity contribution >= 4 is 23.4 Å². The number of hydrogen-bond acceptors (Lipinski definition) is 5. The molecule has 0 amide bonds. The highest BCUT2D eigenvalue weighted by Crippen LogP contribution is 2.33. The quantitative estimate of drug-likeness (QED) is 0.769. The average molecular weight is 372 g/mol. The number of thioether (sulfide) groups is 1. The molecule has 134 valence electrons. The largest absolute Gasteiger partial charge is 0.381 e. The molecule has 6 heteroatoms. The zero-order chi connectivity index (χ0) is 17.0. The van der Waals surface area contributed by atoms with E-state index in [1.54, 1.807) is 0 Å². The van der Waals surface area contributed by atoms with Crippen LogP contribution in [0.5, 0.6) is 0 Å². The molecule has 0 unspecified atom stereocenters. The third kappa shape index (κ3) is 4.65. The fraction of sp³-hybridized carbons (Fsp3) is 0.667. The van der Waals surface area contributed by atoms with E-state index in [0.29, 0.717) is 11.9 Å². The molecule has 2 aliphatic rings. The highest BCUT2D eigenvalue weighted by atomic mass is 35.5. The van der Waals surface area contributed by atoms with Crippen molar-refractivity contribution < 1.29 is 14.2 Å². The first-order valence-electron chi connectivity index (χ1n) is 8.62. The Balaban J connectivity index is 1.52. The molecule has 2 saturated heterocycles. The van der Waals surface area contributed by atoms with Crippen molar-refractivity contribution in [3.63, 3.8) is 0 Å². The Morgan fingerprint density at radius 1 is 1.33 bits per heavy atom. The van der Waals surface area contributed by atoms with Gasteiger partial charge in [0.25, 0.3) is 0 Å². The van der Waals surface area contributed by atoms with E-state index in [4.69, 9.17) is 25.8 Å². The van der Waals surface area contributed by atoms with E-state index in [1.807, 2.05) is 23.9 Å². The number of benzene rings is 1. The van der Waals surface area contributed by atoms with Crippen LogP contribution in [0.4, 0.5) is 0 Å². The van der Waals surface area contributed by atoms with Crippen molar-refractivity contribution in [3.8, 4) is 0 Å². The molecule has 2 heterocycles. The summed E-state index contributed by atoms with van der Waals surface area (Å²) in [6.45, 7) is 7.97. The normalized spacial score (nSPS) is 23.2. The van der Waals surface area contributed by atoms with Gasteiger partial charge in [0.2, 0.25) is 0 Å².